The molecule has 51 heavy (non-hydrogen) atoms. The first-order chi connectivity index (χ1) is 25.3. The Bertz CT molecular complexity index is 3100. The zero-order valence-corrected chi connectivity index (χ0v) is 27.9. The van der Waals surface area contributed by atoms with Crippen molar-refractivity contribution < 1.29 is 4.42 Å². The van der Waals surface area contributed by atoms with Crippen LogP contribution < -0.4 is 0 Å². The first kappa shape index (κ1) is 28.2. The first-order valence-corrected chi connectivity index (χ1v) is 17.8. The summed E-state index contributed by atoms with van der Waals surface area (Å²) < 4.78 is 11.5. The number of aromatic nitrogens is 4. The quantitative estimate of drug-likeness (QED) is 0.187. The minimum Gasteiger partial charge on any atom is -0.455 e. The zero-order valence-electron chi connectivity index (χ0n) is 27.1. The smallest absolute Gasteiger partial charge is 0.167 e. The van der Waals surface area contributed by atoms with E-state index in [0.717, 1.165) is 60.0 Å². The van der Waals surface area contributed by atoms with Gasteiger partial charge in [0.1, 0.15) is 11.2 Å². The summed E-state index contributed by atoms with van der Waals surface area (Å²) in [5.41, 5.74) is 7.67. The lowest BCUT2D eigenvalue weighted by Gasteiger charge is -2.10. The highest BCUT2D eigenvalue weighted by Crippen LogP contribution is 2.42. The number of furan rings is 1. The Morgan fingerprint density at radius 1 is 0.451 bits per heavy atom. The second kappa shape index (κ2) is 10.9. The molecular formula is C45H26N4OS. The molecule has 0 fully saturated rings. The fourth-order valence-electron chi connectivity index (χ4n) is 7.63. The highest BCUT2D eigenvalue weighted by atomic mass is 32.1. The predicted molar refractivity (Wildman–Crippen MR) is 211 cm³/mol. The average molecular weight is 671 g/mol. The molecule has 0 saturated heterocycles. The molecule has 0 aliphatic carbocycles. The number of rotatable bonds is 4. The predicted octanol–water partition coefficient (Wildman–Crippen LogP) is 12.2. The number of hydrogen-bond acceptors (Lipinski definition) is 5. The van der Waals surface area contributed by atoms with Gasteiger partial charge >= 0.3 is 0 Å². The molecule has 0 amide bonds. The Kier molecular flexibility index (Phi) is 6.05. The van der Waals surface area contributed by atoms with Gasteiger partial charge in [0.05, 0.1) is 27.7 Å². The van der Waals surface area contributed by atoms with Crippen LogP contribution in [0.4, 0.5) is 0 Å². The standard InChI is InChI=1S/C45H26N4OS/c1-2-13-27(14-3-1)43-46-44(48-45(47-43)34-21-10-18-31-30-17-6-9-26-39(30)51-42(31)34)33-20-11-19-32-40-37(24-12-25-38(40)50-41(32)33)49-35-22-7-4-15-28(35)29-16-5-8-23-36(29)49/h1-26H. The Balaban J connectivity index is 1.18. The van der Waals surface area contributed by atoms with E-state index in [2.05, 4.69) is 126 Å². The number of para-hydroxylation sites is 3. The van der Waals surface area contributed by atoms with Gasteiger partial charge in [-0.15, -0.1) is 11.3 Å². The molecule has 11 aromatic rings. The van der Waals surface area contributed by atoms with E-state index < -0.39 is 0 Å². The summed E-state index contributed by atoms with van der Waals surface area (Å²) in [7, 11) is 0. The molecule has 238 valence electrons. The van der Waals surface area contributed by atoms with E-state index in [9.17, 15) is 0 Å². The molecule has 4 heterocycles. The van der Waals surface area contributed by atoms with Gasteiger partial charge in [0.15, 0.2) is 17.5 Å². The number of thiophene rings is 1. The maximum atomic E-state index is 6.79. The second-order valence-electron chi connectivity index (χ2n) is 12.8. The normalized spacial score (nSPS) is 11.9. The van der Waals surface area contributed by atoms with Crippen LogP contribution in [0.5, 0.6) is 0 Å². The van der Waals surface area contributed by atoms with Gasteiger partial charge in [0, 0.05) is 47.5 Å². The van der Waals surface area contributed by atoms with Crippen LogP contribution in [-0.2, 0) is 0 Å². The van der Waals surface area contributed by atoms with Gasteiger partial charge in [-0.1, -0.05) is 115 Å². The molecule has 0 bridgehead atoms. The van der Waals surface area contributed by atoms with Crippen molar-refractivity contribution in [1.29, 1.82) is 0 Å². The summed E-state index contributed by atoms with van der Waals surface area (Å²) >= 11 is 1.77. The number of hydrogen-bond donors (Lipinski definition) is 0. The lowest BCUT2D eigenvalue weighted by atomic mass is 10.1. The molecule has 0 saturated carbocycles. The van der Waals surface area contributed by atoms with Crippen LogP contribution in [-0.4, -0.2) is 19.5 Å². The van der Waals surface area contributed by atoms with Crippen LogP contribution in [0, 0.1) is 0 Å². The Morgan fingerprint density at radius 2 is 1.04 bits per heavy atom. The summed E-state index contributed by atoms with van der Waals surface area (Å²) in [6.45, 7) is 0. The van der Waals surface area contributed by atoms with Crippen LogP contribution in [0.1, 0.15) is 0 Å². The van der Waals surface area contributed by atoms with E-state index in [1.54, 1.807) is 11.3 Å². The molecule has 0 atom stereocenters. The van der Waals surface area contributed by atoms with Crippen molar-refractivity contribution in [3.05, 3.63) is 158 Å². The van der Waals surface area contributed by atoms with E-state index in [1.807, 2.05) is 36.4 Å². The van der Waals surface area contributed by atoms with Crippen LogP contribution in [0.2, 0.25) is 0 Å². The van der Waals surface area contributed by atoms with E-state index in [1.165, 1.54) is 26.2 Å². The molecule has 0 unspecified atom stereocenters. The minimum absolute atomic E-state index is 0.569. The monoisotopic (exact) mass is 670 g/mol. The van der Waals surface area contributed by atoms with Crippen LogP contribution >= 0.6 is 11.3 Å². The third kappa shape index (κ3) is 4.24. The molecule has 0 aliphatic heterocycles. The van der Waals surface area contributed by atoms with E-state index >= 15 is 0 Å². The molecule has 4 aromatic heterocycles. The van der Waals surface area contributed by atoms with Gasteiger partial charge in [-0.3, -0.25) is 0 Å². The van der Waals surface area contributed by atoms with Crippen molar-refractivity contribution >= 4 is 75.3 Å². The highest BCUT2D eigenvalue weighted by molar-refractivity contribution is 7.26. The zero-order chi connectivity index (χ0) is 33.5. The molecule has 0 spiro atoms. The minimum atomic E-state index is 0.569. The van der Waals surface area contributed by atoms with Crippen LogP contribution in [0.25, 0.3) is 104 Å². The molecule has 5 nitrogen and oxygen atoms in total. The van der Waals surface area contributed by atoms with E-state index in [-0.39, 0.29) is 0 Å². The molecule has 6 heteroatoms. The number of nitrogens with zero attached hydrogens (tertiary/aromatic N) is 4. The molecular weight excluding hydrogens is 645 g/mol. The van der Waals surface area contributed by atoms with Crippen molar-refractivity contribution in [3.63, 3.8) is 0 Å². The molecule has 7 aromatic carbocycles. The third-order valence-electron chi connectivity index (χ3n) is 9.88. The highest BCUT2D eigenvalue weighted by Gasteiger charge is 2.22. The Hall–Kier alpha value is -6.63. The fourth-order valence-corrected chi connectivity index (χ4v) is 8.84. The second-order valence-corrected chi connectivity index (χ2v) is 13.8. The van der Waals surface area contributed by atoms with Gasteiger partial charge in [0.2, 0.25) is 0 Å². The van der Waals surface area contributed by atoms with Crippen molar-refractivity contribution in [1.82, 2.24) is 19.5 Å². The summed E-state index contributed by atoms with van der Waals surface area (Å²) in [6.07, 6.45) is 0. The van der Waals surface area contributed by atoms with Crippen LogP contribution in [0.3, 0.4) is 0 Å². The molecule has 11 rings (SSSR count). The fraction of sp³-hybridized carbons (Fsp3) is 0. The van der Waals surface area contributed by atoms with Gasteiger partial charge in [-0.25, -0.2) is 15.0 Å². The Morgan fingerprint density at radius 3 is 1.82 bits per heavy atom. The van der Waals surface area contributed by atoms with Gasteiger partial charge in [-0.05, 0) is 42.5 Å². The summed E-state index contributed by atoms with van der Waals surface area (Å²) in [5.74, 6) is 1.82. The number of fused-ring (bicyclic) bond motifs is 9. The van der Waals surface area contributed by atoms with E-state index in [0.29, 0.717) is 17.5 Å². The topological polar surface area (TPSA) is 56.7 Å². The van der Waals surface area contributed by atoms with Crippen molar-refractivity contribution in [2.75, 3.05) is 0 Å². The van der Waals surface area contributed by atoms with Crippen molar-refractivity contribution in [2.24, 2.45) is 0 Å². The first-order valence-electron chi connectivity index (χ1n) is 17.0. The lowest BCUT2D eigenvalue weighted by molar-refractivity contribution is 0.669. The Labute approximate surface area is 295 Å². The summed E-state index contributed by atoms with van der Waals surface area (Å²) in [4.78, 5) is 15.4. The van der Waals surface area contributed by atoms with Crippen molar-refractivity contribution in [2.45, 2.75) is 0 Å². The maximum Gasteiger partial charge on any atom is 0.167 e. The maximum absolute atomic E-state index is 6.79. The largest absolute Gasteiger partial charge is 0.455 e. The van der Waals surface area contributed by atoms with E-state index in [4.69, 9.17) is 19.4 Å². The van der Waals surface area contributed by atoms with Crippen molar-refractivity contribution in [3.8, 4) is 39.9 Å². The summed E-state index contributed by atoms with van der Waals surface area (Å²) in [5, 5.41) is 6.94. The molecule has 0 radical (unpaired) electrons. The number of benzene rings is 7. The SMILES string of the molecule is c1ccc(-c2nc(-c3cccc4c3oc3cccc(-n5c6ccccc6c6ccccc65)c34)nc(-c3cccc4c3sc3ccccc34)n2)cc1. The molecule has 0 N–H and O–H groups in total. The lowest BCUT2D eigenvalue weighted by Crippen LogP contribution is -2.00. The average Bonchev–Trinajstić information content (AvgIpc) is 3.88. The van der Waals surface area contributed by atoms with Crippen LogP contribution in [0.15, 0.2) is 162 Å². The summed E-state index contributed by atoms with van der Waals surface area (Å²) in [6, 6.07) is 54.8. The van der Waals surface area contributed by atoms with Gasteiger partial charge < -0.3 is 8.98 Å². The molecule has 0 aliphatic rings. The van der Waals surface area contributed by atoms with Gasteiger partial charge in [-0.2, -0.15) is 0 Å². The third-order valence-corrected chi connectivity index (χ3v) is 11.1. The van der Waals surface area contributed by atoms with Gasteiger partial charge in [0.25, 0.3) is 0 Å².